The fraction of sp³-hybridized carbons (Fsp3) is 0.385. The zero-order chi connectivity index (χ0) is 22.9. The highest BCUT2D eigenvalue weighted by Crippen LogP contribution is 2.25. The maximum atomic E-state index is 14.1. The summed E-state index contributed by atoms with van der Waals surface area (Å²) in [4.78, 5) is 34.7. The van der Waals surface area contributed by atoms with Crippen molar-refractivity contribution in [1.29, 1.82) is 0 Å². The second-order valence-electron chi connectivity index (χ2n) is 9.12. The molecule has 1 N–H and O–H groups in total. The molecule has 3 heterocycles. The van der Waals surface area contributed by atoms with Crippen molar-refractivity contribution in [3.05, 3.63) is 65.6 Å². The van der Waals surface area contributed by atoms with Crippen LogP contribution in [0.5, 0.6) is 0 Å². The minimum absolute atomic E-state index is 0.0433. The van der Waals surface area contributed by atoms with E-state index in [0.717, 1.165) is 11.9 Å². The highest BCUT2D eigenvalue weighted by molar-refractivity contribution is 5.89. The molecule has 172 valence electrons. The first-order valence-electron chi connectivity index (χ1n) is 11.6. The lowest BCUT2D eigenvalue weighted by Gasteiger charge is -2.37. The smallest absolute Gasteiger partial charge is 0.228 e. The molecular formula is C26H29FN4O2. The average Bonchev–Trinajstić information content (AvgIpc) is 3.40. The van der Waals surface area contributed by atoms with Gasteiger partial charge in [0.25, 0.3) is 0 Å². The largest absolute Gasteiger partial charge is 0.366 e. The van der Waals surface area contributed by atoms with E-state index in [-0.39, 0.29) is 30.0 Å². The number of halogens is 1. The molecule has 1 aromatic heterocycles. The van der Waals surface area contributed by atoms with E-state index in [9.17, 15) is 14.0 Å². The van der Waals surface area contributed by atoms with Gasteiger partial charge in [-0.1, -0.05) is 23.8 Å². The summed E-state index contributed by atoms with van der Waals surface area (Å²) in [6.45, 7) is 5.46. The molecule has 2 amide bonds. The summed E-state index contributed by atoms with van der Waals surface area (Å²) < 4.78 is 14.1. The predicted molar refractivity (Wildman–Crippen MR) is 127 cm³/mol. The molecule has 0 spiro atoms. The molecule has 7 heteroatoms. The molecular weight excluding hydrogens is 419 g/mol. The van der Waals surface area contributed by atoms with Crippen LogP contribution in [0.15, 0.2) is 48.7 Å². The second kappa shape index (κ2) is 8.89. The molecule has 33 heavy (non-hydrogen) atoms. The number of anilines is 1. The van der Waals surface area contributed by atoms with E-state index in [1.807, 2.05) is 27.0 Å². The molecule has 0 saturated carbocycles. The monoisotopic (exact) mass is 448 g/mol. The minimum atomic E-state index is -0.289. The summed E-state index contributed by atoms with van der Waals surface area (Å²) in [5.74, 6) is -0.432. The Bertz CT molecular complexity index is 1180. The quantitative estimate of drug-likeness (QED) is 0.651. The van der Waals surface area contributed by atoms with Crippen LogP contribution in [-0.2, 0) is 16.0 Å². The number of fused-ring (bicyclic) bond motifs is 1. The maximum absolute atomic E-state index is 14.1. The molecule has 2 saturated heterocycles. The predicted octanol–water partition coefficient (Wildman–Crippen LogP) is 3.36. The zero-order valence-electron chi connectivity index (χ0n) is 18.9. The standard InChI is InChI=1S/C26H29FN4O2/c1-18-6-7-23-21(14-18)19(16-28-23)8-9-31-17-20(15-25(31)32)26(33)30-12-10-29(11-13-30)24-5-3-2-4-22(24)27/h2-7,14,16,20,28H,8-13,15,17H2,1H3. The Morgan fingerprint density at radius 3 is 2.70 bits per heavy atom. The summed E-state index contributed by atoms with van der Waals surface area (Å²) >= 11 is 0. The first-order valence-corrected chi connectivity index (χ1v) is 11.6. The molecule has 1 atom stereocenters. The van der Waals surface area contributed by atoms with Gasteiger partial charge in [0, 0.05) is 62.8 Å². The van der Waals surface area contributed by atoms with E-state index in [1.54, 1.807) is 12.1 Å². The number of nitrogens with zero attached hydrogens (tertiary/aromatic N) is 3. The number of aryl methyl sites for hydroxylation is 1. The molecule has 3 aromatic rings. The summed E-state index contributed by atoms with van der Waals surface area (Å²) in [6.07, 6.45) is 3.05. The number of rotatable bonds is 5. The highest BCUT2D eigenvalue weighted by atomic mass is 19.1. The lowest BCUT2D eigenvalue weighted by Crippen LogP contribution is -2.51. The Balaban J connectivity index is 1.16. The molecule has 2 aromatic carbocycles. The Kier molecular flexibility index (Phi) is 5.79. The van der Waals surface area contributed by atoms with Crippen molar-refractivity contribution in [3.63, 3.8) is 0 Å². The third-order valence-corrected chi connectivity index (χ3v) is 6.92. The van der Waals surface area contributed by atoms with Crippen molar-refractivity contribution in [2.75, 3.05) is 44.2 Å². The second-order valence-corrected chi connectivity index (χ2v) is 9.12. The van der Waals surface area contributed by atoms with E-state index in [1.165, 1.54) is 22.6 Å². The number of para-hydroxylation sites is 1. The Morgan fingerprint density at radius 2 is 1.91 bits per heavy atom. The van der Waals surface area contributed by atoms with Gasteiger partial charge >= 0.3 is 0 Å². The van der Waals surface area contributed by atoms with Crippen LogP contribution in [0.25, 0.3) is 10.9 Å². The number of piperazine rings is 1. The number of carbonyl (C=O) groups excluding carboxylic acids is 2. The van der Waals surface area contributed by atoms with Crippen molar-refractivity contribution < 1.29 is 14.0 Å². The summed E-state index contributed by atoms with van der Waals surface area (Å²) in [6, 6.07) is 13.1. The number of amides is 2. The van der Waals surface area contributed by atoms with Crippen LogP contribution in [0.1, 0.15) is 17.5 Å². The first kappa shape index (κ1) is 21.5. The number of hydrogen-bond donors (Lipinski definition) is 1. The minimum Gasteiger partial charge on any atom is -0.366 e. The highest BCUT2D eigenvalue weighted by Gasteiger charge is 2.37. The number of nitrogens with one attached hydrogen (secondary N) is 1. The number of benzene rings is 2. The first-order chi connectivity index (χ1) is 16.0. The number of aromatic amines is 1. The molecule has 0 bridgehead atoms. The molecule has 1 unspecified atom stereocenters. The van der Waals surface area contributed by atoms with Gasteiger partial charge in [-0.15, -0.1) is 0 Å². The number of hydrogen-bond acceptors (Lipinski definition) is 3. The van der Waals surface area contributed by atoms with Crippen LogP contribution in [0.2, 0.25) is 0 Å². The summed E-state index contributed by atoms with van der Waals surface area (Å²) in [5, 5.41) is 1.20. The fourth-order valence-corrected chi connectivity index (χ4v) is 5.04. The average molecular weight is 449 g/mol. The SMILES string of the molecule is Cc1ccc2[nH]cc(CCN3CC(C(=O)N4CCN(c5ccccc5F)CC4)CC3=O)c2c1. The van der Waals surface area contributed by atoms with Crippen molar-refractivity contribution in [2.45, 2.75) is 19.8 Å². The lowest BCUT2D eigenvalue weighted by atomic mass is 10.1. The third kappa shape index (κ3) is 4.32. The summed E-state index contributed by atoms with van der Waals surface area (Å²) in [7, 11) is 0. The van der Waals surface area contributed by atoms with E-state index in [4.69, 9.17) is 0 Å². The number of H-pyrrole nitrogens is 1. The van der Waals surface area contributed by atoms with Gasteiger partial charge in [0.1, 0.15) is 5.82 Å². The molecule has 2 aliphatic rings. The molecule has 6 nitrogen and oxygen atoms in total. The van der Waals surface area contributed by atoms with Crippen LogP contribution in [0.3, 0.4) is 0 Å². The maximum Gasteiger partial charge on any atom is 0.228 e. The number of carbonyl (C=O) groups is 2. The lowest BCUT2D eigenvalue weighted by molar-refractivity contribution is -0.136. The molecule has 2 fully saturated rings. The molecule has 0 aliphatic carbocycles. The van der Waals surface area contributed by atoms with Gasteiger partial charge in [0.15, 0.2) is 0 Å². The fourth-order valence-electron chi connectivity index (χ4n) is 5.04. The number of likely N-dealkylation sites (tertiary alicyclic amines) is 1. The van der Waals surface area contributed by atoms with Gasteiger partial charge in [-0.05, 0) is 43.2 Å². The van der Waals surface area contributed by atoms with Gasteiger partial charge in [-0.2, -0.15) is 0 Å². The van der Waals surface area contributed by atoms with Crippen LogP contribution in [0.4, 0.5) is 10.1 Å². The Labute approximate surface area is 193 Å². The van der Waals surface area contributed by atoms with Crippen molar-refractivity contribution >= 4 is 28.4 Å². The van der Waals surface area contributed by atoms with Crippen molar-refractivity contribution in [3.8, 4) is 0 Å². The van der Waals surface area contributed by atoms with E-state index >= 15 is 0 Å². The van der Waals surface area contributed by atoms with Gasteiger partial charge in [0.05, 0.1) is 11.6 Å². The van der Waals surface area contributed by atoms with Crippen molar-refractivity contribution in [1.82, 2.24) is 14.8 Å². The van der Waals surface area contributed by atoms with Gasteiger partial charge in [-0.25, -0.2) is 4.39 Å². The zero-order valence-corrected chi connectivity index (χ0v) is 18.9. The normalized spacial score (nSPS) is 19.0. The third-order valence-electron chi connectivity index (χ3n) is 6.92. The molecule has 0 radical (unpaired) electrons. The van der Waals surface area contributed by atoms with E-state index in [2.05, 4.69) is 30.1 Å². The van der Waals surface area contributed by atoms with Crippen LogP contribution >= 0.6 is 0 Å². The molecule has 5 rings (SSSR count). The number of aromatic nitrogens is 1. The topological polar surface area (TPSA) is 59.7 Å². The van der Waals surface area contributed by atoms with E-state index in [0.29, 0.717) is 45.0 Å². The van der Waals surface area contributed by atoms with Crippen LogP contribution in [-0.4, -0.2) is 65.9 Å². The van der Waals surface area contributed by atoms with Gasteiger partial charge < -0.3 is 19.7 Å². The van der Waals surface area contributed by atoms with Crippen LogP contribution in [0, 0.1) is 18.7 Å². The Hall–Kier alpha value is -3.35. The summed E-state index contributed by atoms with van der Waals surface area (Å²) in [5.41, 5.74) is 4.09. The van der Waals surface area contributed by atoms with Crippen LogP contribution < -0.4 is 4.90 Å². The molecule has 2 aliphatic heterocycles. The van der Waals surface area contributed by atoms with E-state index < -0.39 is 0 Å². The Morgan fingerprint density at radius 1 is 1.12 bits per heavy atom. The van der Waals surface area contributed by atoms with Gasteiger partial charge in [-0.3, -0.25) is 9.59 Å². The van der Waals surface area contributed by atoms with Gasteiger partial charge in [0.2, 0.25) is 11.8 Å². The van der Waals surface area contributed by atoms with Crippen molar-refractivity contribution in [2.24, 2.45) is 5.92 Å².